The van der Waals surface area contributed by atoms with Crippen molar-refractivity contribution < 1.29 is 9.59 Å². The molecular weight excluding hydrogens is 552 g/mol. The largest absolute Gasteiger partial charge is 0.360 e. The first kappa shape index (κ1) is 29.2. The Morgan fingerprint density at radius 3 is 2.67 bits per heavy atom. The summed E-state index contributed by atoms with van der Waals surface area (Å²) in [4.78, 5) is 41.7. The van der Waals surface area contributed by atoms with Crippen LogP contribution in [-0.2, 0) is 4.79 Å². The Morgan fingerprint density at radius 2 is 1.88 bits per heavy atom. The molecule has 0 radical (unpaired) electrons. The molecule has 2 atom stereocenters. The monoisotopic (exact) mass is 586 g/mol. The highest BCUT2D eigenvalue weighted by atomic mass is 35.5. The topological polar surface area (TPSA) is 118 Å². The molecule has 0 unspecified atom stereocenters. The van der Waals surface area contributed by atoms with Gasteiger partial charge >= 0.3 is 0 Å². The lowest BCUT2D eigenvalue weighted by molar-refractivity contribution is -0.111. The Labute approximate surface area is 250 Å². The highest BCUT2D eigenvalue weighted by Gasteiger charge is 2.27. The molecule has 1 aliphatic rings. The molecule has 2 amide bonds. The summed E-state index contributed by atoms with van der Waals surface area (Å²) in [6.45, 7) is 2.18. The van der Waals surface area contributed by atoms with Gasteiger partial charge in [-0.3, -0.25) is 9.59 Å². The van der Waals surface area contributed by atoms with Crippen LogP contribution in [0.5, 0.6) is 0 Å². The van der Waals surface area contributed by atoms with Crippen molar-refractivity contribution in [3.05, 3.63) is 83.7 Å². The first-order valence-electron chi connectivity index (χ1n) is 13.8. The van der Waals surface area contributed by atoms with Crippen molar-refractivity contribution in [3.63, 3.8) is 0 Å². The minimum atomic E-state index is -0.212. The Hall–Kier alpha value is -4.25. The van der Waals surface area contributed by atoms with Gasteiger partial charge in [-0.2, -0.15) is 0 Å². The van der Waals surface area contributed by atoms with Crippen LogP contribution in [0.25, 0.3) is 22.2 Å². The molecule has 1 aliphatic heterocycles. The lowest BCUT2D eigenvalue weighted by atomic mass is 10.0. The van der Waals surface area contributed by atoms with E-state index in [2.05, 4.69) is 30.8 Å². The zero-order valence-corrected chi connectivity index (χ0v) is 24.7. The molecule has 42 heavy (non-hydrogen) atoms. The number of carbonyl (C=O) groups excluding carboxylic acids is 2. The molecule has 11 heteroatoms. The van der Waals surface area contributed by atoms with Crippen molar-refractivity contribution >= 4 is 46.0 Å². The third-order valence-electron chi connectivity index (χ3n) is 7.04. The van der Waals surface area contributed by atoms with Gasteiger partial charge in [0, 0.05) is 71.7 Å². The second-order valence-electron chi connectivity index (χ2n) is 10.8. The van der Waals surface area contributed by atoms with Crippen LogP contribution in [0.2, 0.25) is 5.02 Å². The number of piperidine rings is 1. The molecule has 2 aromatic heterocycles. The number of fused-ring (bicyclic) bond motifs is 1. The van der Waals surface area contributed by atoms with Gasteiger partial charge in [0.05, 0.1) is 16.9 Å². The molecule has 1 fully saturated rings. The summed E-state index contributed by atoms with van der Waals surface area (Å²) in [5, 5.41) is 10.9. The van der Waals surface area contributed by atoms with Gasteiger partial charge in [-0.25, -0.2) is 9.97 Å². The number of anilines is 2. The van der Waals surface area contributed by atoms with E-state index in [0.29, 0.717) is 40.9 Å². The SMILES string of the molecule is CN(C)CC=CC(=O)Nc1ccc(C(=O)N[C@@H]2C[C@H](Nc3ncc(Cl)c(-c4c[nH]c5ccccc45)n3)CN(C)C2)cc1. The fourth-order valence-corrected chi connectivity index (χ4v) is 5.33. The Morgan fingerprint density at radius 1 is 1.12 bits per heavy atom. The second-order valence-corrected chi connectivity index (χ2v) is 11.2. The zero-order valence-electron chi connectivity index (χ0n) is 23.9. The first-order valence-corrected chi connectivity index (χ1v) is 14.2. The number of hydrogen-bond donors (Lipinski definition) is 4. The fraction of sp³-hybridized carbons (Fsp3) is 0.290. The van der Waals surface area contributed by atoms with Crippen molar-refractivity contribution in [2.45, 2.75) is 18.5 Å². The predicted molar refractivity (Wildman–Crippen MR) is 168 cm³/mol. The van der Waals surface area contributed by atoms with Crippen LogP contribution in [0, 0.1) is 0 Å². The molecular formula is C31H35ClN8O2. The number of H-pyrrole nitrogens is 1. The Bertz CT molecular complexity index is 1580. The Balaban J connectivity index is 1.20. The molecule has 4 aromatic rings. The van der Waals surface area contributed by atoms with Crippen molar-refractivity contribution in [3.8, 4) is 11.3 Å². The molecule has 0 saturated carbocycles. The summed E-state index contributed by atoms with van der Waals surface area (Å²) in [5.41, 5.74) is 3.74. The number of amides is 2. The van der Waals surface area contributed by atoms with Crippen LogP contribution in [0.4, 0.5) is 11.6 Å². The summed E-state index contributed by atoms with van der Waals surface area (Å²) < 4.78 is 0. The van der Waals surface area contributed by atoms with E-state index in [-0.39, 0.29) is 23.9 Å². The van der Waals surface area contributed by atoms with E-state index >= 15 is 0 Å². The van der Waals surface area contributed by atoms with Crippen molar-refractivity contribution in [2.24, 2.45) is 0 Å². The molecule has 0 bridgehead atoms. The van der Waals surface area contributed by atoms with Gasteiger partial charge < -0.3 is 30.7 Å². The van der Waals surface area contributed by atoms with Gasteiger partial charge in [0.2, 0.25) is 11.9 Å². The predicted octanol–water partition coefficient (Wildman–Crippen LogP) is 4.25. The van der Waals surface area contributed by atoms with E-state index in [0.717, 1.165) is 29.6 Å². The molecule has 0 spiro atoms. The molecule has 218 valence electrons. The molecule has 1 saturated heterocycles. The highest BCUT2D eigenvalue weighted by Crippen LogP contribution is 2.32. The Kier molecular flexibility index (Phi) is 9.16. The number of halogens is 1. The van der Waals surface area contributed by atoms with E-state index in [1.807, 2.05) is 56.5 Å². The lowest BCUT2D eigenvalue weighted by Crippen LogP contribution is -2.53. The van der Waals surface area contributed by atoms with Crippen LogP contribution in [0.1, 0.15) is 16.8 Å². The maximum absolute atomic E-state index is 13.0. The average Bonchev–Trinajstić information content (AvgIpc) is 3.38. The summed E-state index contributed by atoms with van der Waals surface area (Å²) in [6, 6.07) is 14.8. The van der Waals surface area contributed by atoms with E-state index in [9.17, 15) is 9.59 Å². The minimum absolute atomic E-state index is 0.0178. The van der Waals surface area contributed by atoms with E-state index in [1.54, 1.807) is 36.5 Å². The maximum atomic E-state index is 13.0. The van der Waals surface area contributed by atoms with Crippen LogP contribution in [0.3, 0.4) is 0 Å². The van der Waals surface area contributed by atoms with Gasteiger partial charge in [-0.05, 0) is 57.9 Å². The van der Waals surface area contributed by atoms with Crippen LogP contribution in [0.15, 0.2) is 73.1 Å². The van der Waals surface area contributed by atoms with Crippen LogP contribution < -0.4 is 16.0 Å². The molecule has 3 heterocycles. The average molecular weight is 587 g/mol. The molecule has 5 rings (SSSR count). The molecule has 2 aromatic carbocycles. The summed E-state index contributed by atoms with van der Waals surface area (Å²) in [7, 11) is 5.89. The summed E-state index contributed by atoms with van der Waals surface area (Å²) in [6.07, 6.45) is 7.53. The number of hydrogen-bond acceptors (Lipinski definition) is 7. The standard InChI is InChI=1S/C31H35ClN8O2/c1-39(2)14-6-9-28(41)35-21-12-10-20(11-13-21)30(42)36-22-15-23(19-40(3)18-22)37-31-34-17-26(32)29(38-31)25-16-33-27-8-5-4-7-24(25)27/h4-13,16-17,22-23,33H,14-15,18-19H2,1-3H3,(H,35,41)(H,36,42)(H,34,37,38)/t22-,23+/m1/s1. The van der Waals surface area contributed by atoms with Gasteiger partial charge in [0.15, 0.2) is 0 Å². The first-order chi connectivity index (χ1) is 20.2. The minimum Gasteiger partial charge on any atom is -0.360 e. The number of para-hydroxylation sites is 1. The number of benzene rings is 2. The van der Waals surface area contributed by atoms with Crippen LogP contribution in [-0.4, -0.2) is 89.4 Å². The smallest absolute Gasteiger partial charge is 0.251 e. The van der Waals surface area contributed by atoms with E-state index in [1.165, 1.54) is 6.08 Å². The van der Waals surface area contributed by atoms with E-state index in [4.69, 9.17) is 16.6 Å². The number of aromatic amines is 1. The third-order valence-corrected chi connectivity index (χ3v) is 7.32. The third kappa shape index (κ3) is 7.33. The van der Waals surface area contributed by atoms with Gasteiger partial charge in [-0.1, -0.05) is 35.9 Å². The summed E-state index contributed by atoms with van der Waals surface area (Å²) >= 11 is 6.51. The lowest BCUT2D eigenvalue weighted by Gasteiger charge is -2.36. The van der Waals surface area contributed by atoms with Crippen molar-refractivity contribution in [1.82, 2.24) is 30.1 Å². The number of nitrogens with zero attached hydrogens (tertiary/aromatic N) is 4. The number of likely N-dealkylation sites (N-methyl/N-ethyl adjacent to an activating group) is 2. The number of nitrogens with one attached hydrogen (secondary N) is 4. The van der Waals surface area contributed by atoms with Gasteiger partial charge in [-0.15, -0.1) is 0 Å². The molecule has 10 nitrogen and oxygen atoms in total. The maximum Gasteiger partial charge on any atom is 0.251 e. The quantitative estimate of drug-likeness (QED) is 0.217. The highest BCUT2D eigenvalue weighted by molar-refractivity contribution is 6.33. The molecule has 0 aliphatic carbocycles. The number of carbonyl (C=O) groups is 2. The van der Waals surface area contributed by atoms with Gasteiger partial charge in [0.1, 0.15) is 0 Å². The fourth-order valence-electron chi connectivity index (χ4n) is 5.13. The molecule has 4 N–H and O–H groups in total. The summed E-state index contributed by atoms with van der Waals surface area (Å²) in [5.74, 6) is 0.109. The second kappa shape index (κ2) is 13.2. The van der Waals surface area contributed by atoms with Gasteiger partial charge in [0.25, 0.3) is 5.91 Å². The van der Waals surface area contributed by atoms with Crippen molar-refractivity contribution in [2.75, 3.05) is 51.4 Å². The van der Waals surface area contributed by atoms with Crippen molar-refractivity contribution in [1.29, 1.82) is 0 Å². The normalized spacial score (nSPS) is 17.5. The number of aromatic nitrogens is 3. The van der Waals surface area contributed by atoms with Crippen LogP contribution >= 0.6 is 11.6 Å². The number of rotatable bonds is 9. The van der Waals surface area contributed by atoms with E-state index < -0.39 is 0 Å². The number of likely N-dealkylation sites (tertiary alicyclic amines) is 1. The zero-order chi connectivity index (χ0) is 29.6.